The highest BCUT2D eigenvalue weighted by molar-refractivity contribution is 5.71. The van der Waals surface area contributed by atoms with Crippen LogP contribution >= 0.6 is 0 Å². The summed E-state index contributed by atoms with van der Waals surface area (Å²) in [6.07, 6.45) is 92.0. The second-order valence-electron chi connectivity index (χ2n) is 23.4. The fourth-order valence-electron chi connectivity index (χ4n) is 10.1. The molecule has 1 atom stereocenters. The summed E-state index contributed by atoms with van der Waals surface area (Å²) >= 11 is 0. The van der Waals surface area contributed by atoms with Crippen molar-refractivity contribution in [3.05, 3.63) is 85.1 Å². The molecule has 468 valence electrons. The number of esters is 3. The Kier molecular flexibility index (Phi) is 66.2. The minimum Gasteiger partial charge on any atom is -0.462 e. The number of unbranched alkanes of at least 4 members (excludes halogenated alkanes) is 39. The van der Waals surface area contributed by atoms with Gasteiger partial charge in [-0.3, -0.25) is 14.4 Å². The number of rotatable bonds is 64. The van der Waals surface area contributed by atoms with Crippen LogP contribution in [-0.4, -0.2) is 37.2 Å². The summed E-state index contributed by atoms with van der Waals surface area (Å²) in [4.78, 5) is 38.3. The van der Waals surface area contributed by atoms with Gasteiger partial charge in [0, 0.05) is 19.3 Å². The average molecular weight is 1130 g/mol. The van der Waals surface area contributed by atoms with Gasteiger partial charge >= 0.3 is 17.9 Å². The molecule has 0 fully saturated rings. The standard InChI is InChI=1S/C75H132O6/c1-4-7-10-13-16-19-22-24-26-28-30-32-34-35-36-37-38-39-41-42-44-46-48-50-53-56-59-62-65-68-74(77)80-71-72(70-79-73(76)67-64-61-58-55-52-21-18-15-12-9-6-3)81-75(78)69-66-63-60-57-54-51-49-47-45-43-40-33-31-29-27-25-23-20-17-14-11-8-5-2/h8,11,15,17-18,20,25,27,31,33,43,45,49,51,72H,4-7,9-10,12-14,16,19,21-24,26,28-30,32,34-42,44,46-48,50,52-71H2,1-3H3/b11-8-,18-15-,20-17-,27-25-,33-31-,45-43-,51-49-. The Balaban J connectivity index is 4.22. The molecule has 0 N–H and O–H groups in total. The van der Waals surface area contributed by atoms with Crippen LogP contribution in [0.3, 0.4) is 0 Å². The van der Waals surface area contributed by atoms with Gasteiger partial charge in [0.05, 0.1) is 0 Å². The smallest absolute Gasteiger partial charge is 0.306 e. The minimum atomic E-state index is -0.794. The summed E-state index contributed by atoms with van der Waals surface area (Å²) in [7, 11) is 0. The number of allylic oxidation sites excluding steroid dienone is 14. The maximum Gasteiger partial charge on any atom is 0.306 e. The van der Waals surface area contributed by atoms with E-state index >= 15 is 0 Å². The molecular weight excluding hydrogens is 997 g/mol. The molecular formula is C75H132O6. The SMILES string of the molecule is CC/C=C\C/C=C\C/C=C\C/C=C\C/C=C\C/C=C\CCCCCCC(=O)OC(COC(=O)CCCCCCC/C=C\CCCC)COC(=O)CCCCCCCCCCCCCCCCCCCCCCCCCCCCCCC. The van der Waals surface area contributed by atoms with Crippen LogP contribution < -0.4 is 0 Å². The van der Waals surface area contributed by atoms with Crippen LogP contribution in [0.5, 0.6) is 0 Å². The maximum absolute atomic E-state index is 12.9. The molecule has 81 heavy (non-hydrogen) atoms. The van der Waals surface area contributed by atoms with Crippen molar-refractivity contribution in [3.63, 3.8) is 0 Å². The van der Waals surface area contributed by atoms with Crippen LogP contribution in [0.1, 0.15) is 355 Å². The Morgan fingerprint density at radius 2 is 0.494 bits per heavy atom. The van der Waals surface area contributed by atoms with Gasteiger partial charge in [-0.05, 0) is 89.9 Å². The lowest BCUT2D eigenvalue weighted by molar-refractivity contribution is -0.167. The van der Waals surface area contributed by atoms with E-state index in [1.165, 1.54) is 199 Å². The van der Waals surface area contributed by atoms with Crippen LogP contribution in [0.15, 0.2) is 85.1 Å². The first kappa shape index (κ1) is 77.6. The van der Waals surface area contributed by atoms with Gasteiger partial charge in [-0.1, -0.05) is 331 Å². The molecule has 0 aromatic heterocycles. The first-order valence-electron chi connectivity index (χ1n) is 35.1. The molecule has 0 radical (unpaired) electrons. The zero-order chi connectivity index (χ0) is 58.5. The van der Waals surface area contributed by atoms with E-state index in [0.29, 0.717) is 19.3 Å². The van der Waals surface area contributed by atoms with E-state index in [1.807, 2.05) is 0 Å². The fourth-order valence-corrected chi connectivity index (χ4v) is 10.1. The van der Waals surface area contributed by atoms with E-state index in [-0.39, 0.29) is 31.1 Å². The second-order valence-corrected chi connectivity index (χ2v) is 23.4. The molecule has 0 aliphatic heterocycles. The lowest BCUT2D eigenvalue weighted by Gasteiger charge is -2.18. The Morgan fingerprint density at radius 1 is 0.259 bits per heavy atom. The lowest BCUT2D eigenvalue weighted by atomic mass is 10.0. The zero-order valence-electron chi connectivity index (χ0n) is 53.8. The zero-order valence-corrected chi connectivity index (χ0v) is 53.8. The van der Waals surface area contributed by atoms with Gasteiger partial charge in [0.2, 0.25) is 0 Å². The van der Waals surface area contributed by atoms with Gasteiger partial charge < -0.3 is 14.2 Å². The van der Waals surface area contributed by atoms with Crippen molar-refractivity contribution in [2.75, 3.05) is 13.2 Å². The number of carbonyl (C=O) groups is 3. The van der Waals surface area contributed by atoms with E-state index in [4.69, 9.17) is 14.2 Å². The van der Waals surface area contributed by atoms with Gasteiger partial charge in [0.25, 0.3) is 0 Å². The number of hydrogen-bond donors (Lipinski definition) is 0. The van der Waals surface area contributed by atoms with Gasteiger partial charge in [0.15, 0.2) is 6.10 Å². The highest BCUT2D eigenvalue weighted by atomic mass is 16.6. The maximum atomic E-state index is 12.9. The van der Waals surface area contributed by atoms with E-state index in [0.717, 1.165) is 116 Å². The molecule has 0 heterocycles. The van der Waals surface area contributed by atoms with Crippen molar-refractivity contribution in [3.8, 4) is 0 Å². The molecule has 0 aromatic carbocycles. The summed E-state index contributed by atoms with van der Waals surface area (Å²) in [5.41, 5.74) is 0. The molecule has 6 nitrogen and oxygen atoms in total. The van der Waals surface area contributed by atoms with Crippen molar-refractivity contribution in [1.29, 1.82) is 0 Å². The largest absolute Gasteiger partial charge is 0.462 e. The van der Waals surface area contributed by atoms with E-state index in [1.54, 1.807) is 0 Å². The topological polar surface area (TPSA) is 78.9 Å². The predicted molar refractivity (Wildman–Crippen MR) is 353 cm³/mol. The van der Waals surface area contributed by atoms with Crippen molar-refractivity contribution in [2.45, 2.75) is 361 Å². The molecule has 0 spiro atoms. The van der Waals surface area contributed by atoms with Crippen LogP contribution in [-0.2, 0) is 28.6 Å². The first-order valence-corrected chi connectivity index (χ1v) is 35.1. The summed E-state index contributed by atoms with van der Waals surface area (Å²) in [6.45, 7) is 6.51. The molecule has 1 unspecified atom stereocenters. The third-order valence-electron chi connectivity index (χ3n) is 15.4. The minimum absolute atomic E-state index is 0.0870. The van der Waals surface area contributed by atoms with Crippen molar-refractivity contribution >= 4 is 17.9 Å². The number of ether oxygens (including phenoxy) is 3. The molecule has 0 aromatic rings. The Bertz CT molecular complexity index is 1530. The second kappa shape index (κ2) is 69.1. The lowest BCUT2D eigenvalue weighted by Crippen LogP contribution is -2.30. The van der Waals surface area contributed by atoms with Crippen molar-refractivity contribution in [2.24, 2.45) is 0 Å². The fraction of sp³-hybridized carbons (Fsp3) is 0.773. The Morgan fingerprint density at radius 3 is 0.802 bits per heavy atom. The summed E-state index contributed by atoms with van der Waals surface area (Å²) in [5.74, 6) is -0.907. The van der Waals surface area contributed by atoms with Crippen LogP contribution in [0.4, 0.5) is 0 Å². The normalized spacial score (nSPS) is 12.6. The quantitative estimate of drug-likeness (QED) is 0.0261. The molecule has 0 rings (SSSR count). The molecule has 0 aliphatic rings. The van der Waals surface area contributed by atoms with Gasteiger partial charge in [0.1, 0.15) is 13.2 Å². The van der Waals surface area contributed by atoms with Crippen LogP contribution in [0.25, 0.3) is 0 Å². The Hall–Kier alpha value is -3.41. The molecule has 6 heteroatoms. The number of hydrogen-bond acceptors (Lipinski definition) is 6. The van der Waals surface area contributed by atoms with Gasteiger partial charge in [-0.2, -0.15) is 0 Å². The van der Waals surface area contributed by atoms with E-state index < -0.39 is 6.10 Å². The average Bonchev–Trinajstić information content (AvgIpc) is 3.47. The predicted octanol–water partition coefficient (Wildman–Crippen LogP) is 24.2. The summed E-state index contributed by atoms with van der Waals surface area (Å²) in [6, 6.07) is 0. The van der Waals surface area contributed by atoms with Crippen LogP contribution in [0.2, 0.25) is 0 Å². The van der Waals surface area contributed by atoms with Crippen LogP contribution in [0, 0.1) is 0 Å². The number of carbonyl (C=O) groups excluding carboxylic acids is 3. The van der Waals surface area contributed by atoms with E-state index in [9.17, 15) is 14.4 Å². The molecule has 0 bridgehead atoms. The molecule has 0 amide bonds. The first-order chi connectivity index (χ1) is 40.0. The van der Waals surface area contributed by atoms with Crippen molar-refractivity contribution < 1.29 is 28.6 Å². The highest BCUT2D eigenvalue weighted by Gasteiger charge is 2.19. The Labute approximate surface area is 503 Å². The summed E-state index contributed by atoms with van der Waals surface area (Å²) in [5, 5.41) is 0. The molecule has 0 saturated carbocycles. The molecule has 0 aliphatic carbocycles. The third kappa shape index (κ3) is 67.3. The summed E-state index contributed by atoms with van der Waals surface area (Å²) < 4.78 is 16.9. The highest BCUT2D eigenvalue weighted by Crippen LogP contribution is 2.18. The van der Waals surface area contributed by atoms with Gasteiger partial charge in [-0.15, -0.1) is 0 Å². The van der Waals surface area contributed by atoms with E-state index in [2.05, 4.69) is 106 Å². The third-order valence-corrected chi connectivity index (χ3v) is 15.4. The monoisotopic (exact) mass is 1130 g/mol. The van der Waals surface area contributed by atoms with Gasteiger partial charge in [-0.25, -0.2) is 0 Å². The molecule has 0 saturated heterocycles. The van der Waals surface area contributed by atoms with Crippen molar-refractivity contribution in [1.82, 2.24) is 0 Å².